The fourth-order valence-corrected chi connectivity index (χ4v) is 1.94. The molecule has 0 amide bonds. The Balaban J connectivity index is 1.79. The first kappa shape index (κ1) is 10.8. The van der Waals surface area contributed by atoms with Gasteiger partial charge < -0.3 is 9.15 Å². The summed E-state index contributed by atoms with van der Waals surface area (Å²) in [6.45, 7) is 1.82. The van der Waals surface area contributed by atoms with Crippen LogP contribution in [-0.2, 0) is 0 Å². The fraction of sp³-hybridized carbons (Fsp3) is 0.0909. The van der Waals surface area contributed by atoms with E-state index < -0.39 is 0 Å². The van der Waals surface area contributed by atoms with Gasteiger partial charge in [-0.25, -0.2) is 0 Å². The molecule has 0 bridgehead atoms. The molecule has 0 unspecified atom stereocenters. The van der Waals surface area contributed by atoms with Crippen LogP contribution in [-0.4, -0.2) is 19.6 Å². The molecule has 0 spiro atoms. The monoisotopic (exact) mass is 260 g/mol. The average Bonchev–Trinajstić information content (AvgIpc) is 3.02. The zero-order valence-corrected chi connectivity index (χ0v) is 10.2. The van der Waals surface area contributed by atoms with Crippen molar-refractivity contribution in [3.63, 3.8) is 0 Å². The van der Waals surface area contributed by atoms with Crippen LogP contribution in [0, 0.1) is 6.92 Å². The fourth-order valence-electron chi connectivity index (χ4n) is 1.38. The van der Waals surface area contributed by atoms with Crippen molar-refractivity contribution in [1.29, 1.82) is 0 Å². The average molecular weight is 260 g/mol. The van der Waals surface area contributed by atoms with Crippen molar-refractivity contribution >= 4 is 11.5 Å². The summed E-state index contributed by atoms with van der Waals surface area (Å²) in [6, 6.07) is 7.32. The summed E-state index contributed by atoms with van der Waals surface area (Å²) in [6.07, 6.45) is 1.30. The second-order valence-corrected chi connectivity index (χ2v) is 4.19. The quantitative estimate of drug-likeness (QED) is 0.720. The maximum atomic E-state index is 5.55. The molecule has 0 saturated carbocycles. The number of hydrogen-bond donors (Lipinski definition) is 0. The van der Waals surface area contributed by atoms with Crippen molar-refractivity contribution in [2.45, 2.75) is 6.92 Å². The topological polar surface area (TPSA) is 73.9 Å². The summed E-state index contributed by atoms with van der Waals surface area (Å²) in [7, 11) is 0. The molecule has 0 radical (unpaired) electrons. The molecule has 0 aliphatic carbocycles. The van der Waals surface area contributed by atoms with Gasteiger partial charge in [-0.2, -0.15) is 9.36 Å². The molecule has 18 heavy (non-hydrogen) atoms. The molecular weight excluding hydrogens is 252 g/mol. The molecule has 3 rings (SSSR count). The lowest BCUT2D eigenvalue weighted by Gasteiger charge is -2.01. The van der Waals surface area contributed by atoms with E-state index in [0.717, 1.165) is 5.56 Å². The molecule has 0 aliphatic heterocycles. The van der Waals surface area contributed by atoms with Gasteiger partial charge in [-0.1, -0.05) is 0 Å². The van der Waals surface area contributed by atoms with Crippen molar-refractivity contribution in [2.75, 3.05) is 0 Å². The maximum Gasteiger partial charge on any atom is 0.298 e. The first-order chi connectivity index (χ1) is 8.81. The molecule has 0 atom stereocenters. The zero-order valence-electron chi connectivity index (χ0n) is 9.40. The van der Waals surface area contributed by atoms with Crippen molar-refractivity contribution in [1.82, 2.24) is 19.6 Å². The highest BCUT2D eigenvalue weighted by molar-refractivity contribution is 7.07. The van der Waals surface area contributed by atoms with Crippen molar-refractivity contribution < 1.29 is 9.15 Å². The van der Waals surface area contributed by atoms with Crippen LogP contribution in [0.4, 0.5) is 0 Å². The van der Waals surface area contributed by atoms with E-state index >= 15 is 0 Å². The standard InChI is InChI=1S/C11H8N4O2S/c1-7-13-11(18-15-7)17-9-4-2-8(3-5-9)10-14-12-6-16-10/h2-6H,1H3. The summed E-state index contributed by atoms with van der Waals surface area (Å²) in [5.74, 6) is 1.88. The third kappa shape index (κ3) is 2.21. The Labute approximate surface area is 106 Å². The smallest absolute Gasteiger partial charge is 0.298 e. The lowest BCUT2D eigenvalue weighted by Crippen LogP contribution is -1.84. The molecule has 7 heteroatoms. The van der Waals surface area contributed by atoms with Crippen molar-refractivity contribution in [2.24, 2.45) is 0 Å². The van der Waals surface area contributed by atoms with Crippen molar-refractivity contribution in [3.8, 4) is 22.4 Å². The Bertz CT molecular complexity index is 633. The van der Waals surface area contributed by atoms with Gasteiger partial charge in [0, 0.05) is 17.1 Å². The number of nitrogens with zero attached hydrogens (tertiary/aromatic N) is 4. The SMILES string of the molecule is Cc1nsc(Oc2ccc(-c3nnco3)cc2)n1. The lowest BCUT2D eigenvalue weighted by molar-refractivity contribution is 0.478. The van der Waals surface area contributed by atoms with E-state index in [4.69, 9.17) is 9.15 Å². The van der Waals surface area contributed by atoms with Gasteiger partial charge in [-0.3, -0.25) is 0 Å². The van der Waals surface area contributed by atoms with Gasteiger partial charge in [0.1, 0.15) is 11.6 Å². The highest BCUT2D eigenvalue weighted by Gasteiger charge is 2.06. The Morgan fingerprint density at radius 3 is 2.67 bits per heavy atom. The van der Waals surface area contributed by atoms with Gasteiger partial charge in [0.05, 0.1) is 0 Å². The van der Waals surface area contributed by atoms with Crippen LogP contribution < -0.4 is 4.74 Å². The van der Waals surface area contributed by atoms with Gasteiger partial charge in [-0.05, 0) is 31.2 Å². The Morgan fingerprint density at radius 2 is 2.06 bits per heavy atom. The predicted octanol–water partition coefficient (Wildman–Crippen LogP) is 2.69. The van der Waals surface area contributed by atoms with E-state index in [1.807, 2.05) is 31.2 Å². The molecule has 6 nitrogen and oxygen atoms in total. The minimum Gasteiger partial charge on any atom is -0.430 e. The van der Waals surface area contributed by atoms with E-state index in [9.17, 15) is 0 Å². The van der Waals surface area contributed by atoms with E-state index in [0.29, 0.717) is 22.7 Å². The largest absolute Gasteiger partial charge is 0.430 e. The number of hydrogen-bond acceptors (Lipinski definition) is 7. The molecule has 2 aromatic heterocycles. The highest BCUT2D eigenvalue weighted by atomic mass is 32.1. The van der Waals surface area contributed by atoms with E-state index in [1.54, 1.807) is 0 Å². The van der Waals surface area contributed by atoms with Crippen LogP contribution in [0.5, 0.6) is 10.9 Å². The molecular formula is C11H8N4O2S. The lowest BCUT2D eigenvalue weighted by atomic mass is 10.2. The van der Waals surface area contributed by atoms with Crippen LogP contribution >= 0.6 is 11.5 Å². The van der Waals surface area contributed by atoms with E-state index in [2.05, 4.69) is 19.6 Å². The Kier molecular flexibility index (Phi) is 2.73. The first-order valence-corrected chi connectivity index (χ1v) is 5.93. The number of aromatic nitrogens is 4. The number of rotatable bonds is 3. The van der Waals surface area contributed by atoms with E-state index in [-0.39, 0.29) is 0 Å². The minimum atomic E-state index is 0.480. The summed E-state index contributed by atoms with van der Waals surface area (Å²) in [5.41, 5.74) is 0.841. The summed E-state index contributed by atoms with van der Waals surface area (Å²) < 4.78 is 14.7. The van der Waals surface area contributed by atoms with Crippen LogP contribution in [0.15, 0.2) is 35.1 Å². The first-order valence-electron chi connectivity index (χ1n) is 5.16. The van der Waals surface area contributed by atoms with E-state index in [1.165, 1.54) is 17.9 Å². The summed E-state index contributed by atoms with van der Waals surface area (Å²) >= 11 is 1.22. The Hall–Kier alpha value is -2.28. The second-order valence-electron chi connectivity index (χ2n) is 3.48. The Morgan fingerprint density at radius 1 is 1.22 bits per heavy atom. The van der Waals surface area contributed by atoms with Crippen LogP contribution in [0.25, 0.3) is 11.5 Å². The van der Waals surface area contributed by atoms with Gasteiger partial charge in [0.15, 0.2) is 0 Å². The molecule has 0 fully saturated rings. The molecule has 3 aromatic rings. The van der Waals surface area contributed by atoms with Gasteiger partial charge in [-0.15, -0.1) is 10.2 Å². The molecule has 2 heterocycles. The molecule has 0 N–H and O–H groups in total. The van der Waals surface area contributed by atoms with Crippen LogP contribution in [0.3, 0.4) is 0 Å². The minimum absolute atomic E-state index is 0.480. The molecule has 0 saturated heterocycles. The predicted molar refractivity (Wildman–Crippen MR) is 64.5 cm³/mol. The van der Waals surface area contributed by atoms with Gasteiger partial charge in [0.25, 0.3) is 5.19 Å². The number of aryl methyl sites for hydroxylation is 1. The molecule has 1 aromatic carbocycles. The van der Waals surface area contributed by atoms with Crippen LogP contribution in [0.1, 0.15) is 5.82 Å². The van der Waals surface area contributed by atoms with Gasteiger partial charge >= 0.3 is 0 Å². The number of benzene rings is 1. The molecule has 0 aliphatic rings. The summed E-state index contributed by atoms with van der Waals surface area (Å²) in [4.78, 5) is 4.12. The highest BCUT2D eigenvalue weighted by Crippen LogP contribution is 2.25. The van der Waals surface area contributed by atoms with Crippen LogP contribution in [0.2, 0.25) is 0 Å². The third-order valence-corrected chi connectivity index (χ3v) is 2.86. The normalized spacial score (nSPS) is 10.5. The maximum absolute atomic E-state index is 5.55. The second kappa shape index (κ2) is 4.53. The third-order valence-electron chi connectivity index (χ3n) is 2.18. The number of ether oxygens (including phenoxy) is 1. The zero-order chi connectivity index (χ0) is 12.4. The summed E-state index contributed by atoms with van der Waals surface area (Å²) in [5, 5.41) is 7.98. The van der Waals surface area contributed by atoms with Crippen molar-refractivity contribution in [3.05, 3.63) is 36.5 Å². The van der Waals surface area contributed by atoms with Gasteiger partial charge in [0.2, 0.25) is 12.3 Å². The molecule has 90 valence electrons.